The van der Waals surface area contributed by atoms with Crippen LogP contribution in [0.25, 0.3) is 0 Å². The van der Waals surface area contributed by atoms with Crippen molar-refractivity contribution in [2.75, 3.05) is 19.6 Å². The standard InChI is InChI=1S/C13H20BrN3/c1-10-2-4-17(5-3-10)13(7-15)11-6-12(14)9-16-8-11/h6,8-10,13H,2-5,7,15H2,1H3/t13-/m1/s1. The van der Waals surface area contributed by atoms with Crippen LogP contribution in [0, 0.1) is 5.92 Å². The zero-order valence-electron chi connectivity index (χ0n) is 10.3. The second-order valence-corrected chi connectivity index (χ2v) is 5.82. The monoisotopic (exact) mass is 297 g/mol. The van der Waals surface area contributed by atoms with Gasteiger partial charge >= 0.3 is 0 Å². The minimum absolute atomic E-state index is 0.312. The van der Waals surface area contributed by atoms with Gasteiger partial charge in [-0.05, 0) is 59.4 Å². The molecule has 1 saturated heterocycles. The molecule has 0 aliphatic carbocycles. The van der Waals surface area contributed by atoms with E-state index in [9.17, 15) is 0 Å². The zero-order valence-corrected chi connectivity index (χ0v) is 11.9. The van der Waals surface area contributed by atoms with Gasteiger partial charge in [0, 0.05) is 29.5 Å². The number of pyridine rings is 1. The lowest BCUT2D eigenvalue weighted by molar-refractivity contribution is 0.141. The van der Waals surface area contributed by atoms with Crippen molar-refractivity contribution in [1.29, 1.82) is 0 Å². The number of nitrogens with two attached hydrogens (primary N) is 1. The summed E-state index contributed by atoms with van der Waals surface area (Å²) in [5.74, 6) is 0.852. The highest BCUT2D eigenvalue weighted by Crippen LogP contribution is 2.26. The Labute approximate surface area is 112 Å². The zero-order chi connectivity index (χ0) is 12.3. The van der Waals surface area contributed by atoms with Crippen LogP contribution in [0.5, 0.6) is 0 Å². The van der Waals surface area contributed by atoms with Crippen LogP contribution in [0.1, 0.15) is 31.4 Å². The number of hydrogen-bond donors (Lipinski definition) is 1. The second kappa shape index (κ2) is 5.94. The van der Waals surface area contributed by atoms with E-state index in [0.29, 0.717) is 12.6 Å². The Bertz CT molecular complexity index is 361. The second-order valence-electron chi connectivity index (χ2n) is 4.91. The van der Waals surface area contributed by atoms with Crippen molar-refractivity contribution in [2.24, 2.45) is 11.7 Å². The van der Waals surface area contributed by atoms with Gasteiger partial charge in [-0.15, -0.1) is 0 Å². The quantitative estimate of drug-likeness (QED) is 0.932. The van der Waals surface area contributed by atoms with E-state index in [2.05, 4.69) is 38.8 Å². The minimum Gasteiger partial charge on any atom is -0.329 e. The van der Waals surface area contributed by atoms with Gasteiger partial charge in [0.25, 0.3) is 0 Å². The highest BCUT2D eigenvalue weighted by atomic mass is 79.9. The van der Waals surface area contributed by atoms with Gasteiger partial charge in [-0.1, -0.05) is 6.92 Å². The molecule has 2 rings (SSSR count). The molecule has 1 fully saturated rings. The lowest BCUT2D eigenvalue weighted by Gasteiger charge is -2.36. The molecule has 4 heteroatoms. The molecule has 0 amide bonds. The Balaban J connectivity index is 2.10. The van der Waals surface area contributed by atoms with Crippen molar-refractivity contribution >= 4 is 15.9 Å². The van der Waals surface area contributed by atoms with Crippen LogP contribution in [-0.4, -0.2) is 29.5 Å². The van der Waals surface area contributed by atoms with Crippen LogP contribution in [0.4, 0.5) is 0 Å². The maximum Gasteiger partial charge on any atom is 0.0486 e. The topological polar surface area (TPSA) is 42.1 Å². The summed E-state index contributed by atoms with van der Waals surface area (Å²) < 4.78 is 1.03. The van der Waals surface area contributed by atoms with Gasteiger partial charge < -0.3 is 5.73 Å². The van der Waals surface area contributed by atoms with Crippen LogP contribution in [0.2, 0.25) is 0 Å². The number of halogens is 1. The van der Waals surface area contributed by atoms with Gasteiger partial charge in [0.15, 0.2) is 0 Å². The molecule has 1 aliphatic heterocycles. The Hall–Kier alpha value is -0.450. The Morgan fingerprint density at radius 2 is 2.18 bits per heavy atom. The molecular weight excluding hydrogens is 278 g/mol. The fourth-order valence-corrected chi connectivity index (χ4v) is 2.83. The van der Waals surface area contributed by atoms with E-state index in [4.69, 9.17) is 5.73 Å². The largest absolute Gasteiger partial charge is 0.329 e. The minimum atomic E-state index is 0.312. The third kappa shape index (κ3) is 3.27. The molecular formula is C13H20BrN3. The molecule has 1 aromatic rings. The third-order valence-electron chi connectivity index (χ3n) is 3.59. The fraction of sp³-hybridized carbons (Fsp3) is 0.615. The summed E-state index contributed by atoms with van der Waals surface area (Å²) in [5.41, 5.74) is 7.15. The molecule has 0 bridgehead atoms. The molecule has 0 aromatic carbocycles. The molecule has 2 N–H and O–H groups in total. The summed E-state index contributed by atoms with van der Waals surface area (Å²) in [7, 11) is 0. The average molecular weight is 298 g/mol. The SMILES string of the molecule is CC1CCN([C@H](CN)c2cncc(Br)c2)CC1. The molecule has 1 aromatic heterocycles. The lowest BCUT2D eigenvalue weighted by Crippen LogP contribution is -2.39. The molecule has 1 atom stereocenters. The molecule has 94 valence electrons. The van der Waals surface area contributed by atoms with Gasteiger partial charge in [-0.25, -0.2) is 0 Å². The molecule has 17 heavy (non-hydrogen) atoms. The van der Waals surface area contributed by atoms with Gasteiger partial charge in [0.05, 0.1) is 0 Å². The predicted molar refractivity (Wildman–Crippen MR) is 73.7 cm³/mol. The van der Waals surface area contributed by atoms with Gasteiger partial charge in [-0.2, -0.15) is 0 Å². The van der Waals surface area contributed by atoms with Crippen LogP contribution in [-0.2, 0) is 0 Å². The number of rotatable bonds is 3. The van der Waals surface area contributed by atoms with Crippen LogP contribution < -0.4 is 5.73 Å². The van der Waals surface area contributed by atoms with E-state index in [0.717, 1.165) is 23.5 Å². The van der Waals surface area contributed by atoms with E-state index < -0.39 is 0 Å². The summed E-state index contributed by atoms with van der Waals surface area (Å²) in [6, 6.07) is 2.44. The maximum absolute atomic E-state index is 5.94. The van der Waals surface area contributed by atoms with Crippen molar-refractivity contribution in [1.82, 2.24) is 9.88 Å². The highest BCUT2D eigenvalue weighted by Gasteiger charge is 2.23. The van der Waals surface area contributed by atoms with Gasteiger partial charge in [0.1, 0.15) is 0 Å². The smallest absolute Gasteiger partial charge is 0.0486 e. The summed E-state index contributed by atoms with van der Waals surface area (Å²) in [6.45, 7) is 5.28. The molecule has 3 nitrogen and oxygen atoms in total. The van der Waals surface area contributed by atoms with Crippen LogP contribution >= 0.6 is 15.9 Å². The molecule has 0 unspecified atom stereocenters. The molecule has 1 aliphatic rings. The fourth-order valence-electron chi connectivity index (χ4n) is 2.45. The van der Waals surface area contributed by atoms with Crippen LogP contribution in [0.3, 0.4) is 0 Å². The van der Waals surface area contributed by atoms with Crippen molar-refractivity contribution in [2.45, 2.75) is 25.8 Å². The van der Waals surface area contributed by atoms with Gasteiger partial charge in [0.2, 0.25) is 0 Å². The number of nitrogens with zero attached hydrogens (tertiary/aromatic N) is 2. The van der Waals surface area contributed by atoms with Crippen molar-refractivity contribution in [3.8, 4) is 0 Å². The lowest BCUT2D eigenvalue weighted by atomic mass is 9.96. The van der Waals surface area contributed by atoms with Crippen molar-refractivity contribution in [3.63, 3.8) is 0 Å². The molecule has 0 spiro atoms. The summed E-state index contributed by atoms with van der Waals surface area (Å²) in [6.07, 6.45) is 6.30. The maximum atomic E-state index is 5.94. The Kier molecular flexibility index (Phi) is 4.54. The van der Waals surface area contributed by atoms with E-state index in [1.165, 1.54) is 18.4 Å². The Morgan fingerprint density at radius 1 is 1.47 bits per heavy atom. The van der Waals surface area contributed by atoms with Crippen molar-refractivity contribution in [3.05, 3.63) is 28.5 Å². The van der Waals surface area contributed by atoms with E-state index >= 15 is 0 Å². The molecule has 2 heterocycles. The Morgan fingerprint density at radius 3 is 2.76 bits per heavy atom. The molecule has 0 radical (unpaired) electrons. The number of hydrogen-bond acceptors (Lipinski definition) is 3. The van der Waals surface area contributed by atoms with E-state index in [1.54, 1.807) is 0 Å². The van der Waals surface area contributed by atoms with E-state index in [1.807, 2.05) is 12.4 Å². The number of aromatic nitrogens is 1. The highest BCUT2D eigenvalue weighted by molar-refractivity contribution is 9.10. The average Bonchev–Trinajstić information content (AvgIpc) is 2.33. The first-order valence-electron chi connectivity index (χ1n) is 6.25. The summed E-state index contributed by atoms with van der Waals surface area (Å²) in [5, 5.41) is 0. The third-order valence-corrected chi connectivity index (χ3v) is 4.03. The van der Waals surface area contributed by atoms with Crippen molar-refractivity contribution < 1.29 is 0 Å². The first-order chi connectivity index (χ1) is 8.20. The number of likely N-dealkylation sites (tertiary alicyclic amines) is 1. The normalized spacial score (nSPS) is 20.4. The first-order valence-corrected chi connectivity index (χ1v) is 7.04. The first kappa shape index (κ1) is 13.0. The summed E-state index contributed by atoms with van der Waals surface area (Å²) >= 11 is 3.47. The van der Waals surface area contributed by atoms with Gasteiger partial charge in [-0.3, -0.25) is 9.88 Å². The van der Waals surface area contributed by atoms with E-state index in [-0.39, 0.29) is 0 Å². The van der Waals surface area contributed by atoms with Crippen LogP contribution in [0.15, 0.2) is 22.9 Å². The predicted octanol–water partition coefficient (Wildman–Crippen LogP) is 2.58. The summed E-state index contributed by atoms with van der Waals surface area (Å²) in [4.78, 5) is 6.72. The molecule has 0 saturated carbocycles. The number of piperidine rings is 1.